The van der Waals surface area contributed by atoms with E-state index in [2.05, 4.69) is 0 Å². The zero-order valence-corrected chi connectivity index (χ0v) is 56.2. The average Bonchev–Trinajstić information content (AvgIpc) is 2.73. The molecule has 0 aromatic rings. The van der Waals surface area contributed by atoms with Gasteiger partial charge in [-0.1, -0.05) is 91.7 Å². The van der Waals surface area contributed by atoms with Crippen molar-refractivity contribution in [1.29, 1.82) is 0 Å². The number of hydrogen-bond acceptors (Lipinski definition) is 20. The first-order chi connectivity index (χ1) is 26.1. The van der Waals surface area contributed by atoms with Gasteiger partial charge < -0.3 is 82.3 Å². The van der Waals surface area contributed by atoms with Gasteiger partial charge in [-0.25, -0.2) is 0 Å². The molecule has 0 aromatic carbocycles. The van der Waals surface area contributed by atoms with Crippen molar-refractivity contribution in [2.24, 2.45) is 0 Å². The monoisotopic (exact) mass is 1110 g/mol. The first-order valence-electron chi connectivity index (χ1n) is 20.2. The lowest BCUT2D eigenvalue weighted by molar-refractivity contribution is -0.128. The highest BCUT2D eigenvalue weighted by atomic mass is 28.7. The van der Waals surface area contributed by atoms with Crippen LogP contribution in [0.2, 0.25) is 111 Å². The smallest absolute Gasteiger partial charge is 0.403 e. The maximum absolute atomic E-state index is 7.35. The predicted molar refractivity (Wildman–Crippen MR) is 273 cm³/mol. The fraction of sp³-hybridized carbons (Fsp3) is 1.00. The molecule has 6 aliphatic rings. The Morgan fingerprint density at radius 2 is 0.317 bits per heavy atom. The van der Waals surface area contributed by atoms with Crippen molar-refractivity contribution in [3.05, 3.63) is 0 Å². The van der Waals surface area contributed by atoms with E-state index in [1.807, 2.05) is 163 Å². The Labute approximate surface area is 380 Å². The molecule has 0 amide bonds. The van der Waals surface area contributed by atoms with Crippen LogP contribution in [0.3, 0.4) is 0 Å². The van der Waals surface area contributed by atoms with E-state index in [0.717, 1.165) is 0 Å². The summed E-state index contributed by atoms with van der Waals surface area (Å²) in [6.45, 7) is 33.2. The zero-order valence-electron chi connectivity index (χ0n) is 40.2. The van der Waals surface area contributed by atoms with Gasteiger partial charge in [-0.05, 0) is 19.6 Å². The molecular formula is C17H65B7O20Si16. The predicted octanol–water partition coefficient (Wildman–Crippen LogP) is -3.95. The molecule has 60 heavy (non-hydrogen) atoms. The highest BCUT2D eigenvalue weighted by molar-refractivity contribution is 7.20. The summed E-state index contributed by atoms with van der Waals surface area (Å²) in [4.78, 5) is 0. The quantitative estimate of drug-likeness (QED) is 0.136. The Kier molecular flexibility index (Phi) is 14.7. The van der Waals surface area contributed by atoms with Crippen molar-refractivity contribution >= 4 is 190 Å². The summed E-state index contributed by atoms with van der Waals surface area (Å²) in [7, 11) is -48.9. The fourth-order valence-corrected chi connectivity index (χ4v) is 70.5. The lowest BCUT2D eigenvalue weighted by atomic mass is 10.7. The minimum absolute atomic E-state index is 1.95. The second-order valence-electron chi connectivity index (χ2n) is 22.9. The van der Waals surface area contributed by atoms with E-state index in [-0.39, 0.29) is 0 Å². The SMILES string of the molecule is B[Si](C)(C)O[Si]12O[Si]3(O[Si](B)(C)C)O[Si]4(O[Si](B)(C)C)O[Si](O[Si](B)(C)C)(O1)O[Si]1(O[Si](B)(C)C)O[Si](O[Si](B)(C)C)(O2)O[Si](O[Si](B)(C)C)(O3)O[Si](O[Si](C)(C)C)(O4)O1. The van der Waals surface area contributed by atoms with E-state index in [1.165, 1.54) is 0 Å². The minimum atomic E-state index is -4.99. The van der Waals surface area contributed by atoms with Crippen LogP contribution in [0.4, 0.5) is 0 Å². The van der Waals surface area contributed by atoms with Crippen molar-refractivity contribution < 1.29 is 82.3 Å². The van der Waals surface area contributed by atoms with Gasteiger partial charge in [0.2, 0.25) is 0 Å². The van der Waals surface area contributed by atoms with E-state index in [1.54, 1.807) is 0 Å². The highest BCUT2D eigenvalue weighted by Crippen LogP contribution is 2.52. The van der Waals surface area contributed by atoms with Crippen molar-refractivity contribution in [2.75, 3.05) is 0 Å². The van der Waals surface area contributed by atoms with Gasteiger partial charge in [0.25, 0.3) is 0 Å². The Hall–Kier alpha value is 3.12. The maximum atomic E-state index is 7.35. The van der Waals surface area contributed by atoms with Crippen LogP contribution in [0.15, 0.2) is 0 Å². The number of hydrogen-bond donors (Lipinski definition) is 0. The van der Waals surface area contributed by atoms with Crippen LogP contribution >= 0.6 is 0 Å². The normalized spacial score (nSPS) is 39.5. The molecule has 0 aromatic heterocycles. The molecule has 6 fully saturated rings. The van der Waals surface area contributed by atoms with Crippen LogP contribution < -0.4 is 0 Å². The lowest BCUT2D eigenvalue weighted by Gasteiger charge is -2.61. The number of rotatable bonds is 16. The molecule has 0 radical (unpaired) electrons. The Morgan fingerprint density at radius 1 is 0.217 bits per heavy atom. The van der Waals surface area contributed by atoms with Crippen LogP contribution in [-0.2, 0) is 82.3 Å². The summed E-state index contributed by atoms with van der Waals surface area (Å²) >= 11 is 0. The molecule has 6 rings (SSSR count). The maximum Gasteiger partial charge on any atom is 0.651 e. The second-order valence-corrected chi connectivity index (χ2v) is 81.1. The van der Waals surface area contributed by atoms with E-state index in [0.29, 0.717) is 0 Å². The van der Waals surface area contributed by atoms with Crippen LogP contribution in [0.25, 0.3) is 0 Å². The fourth-order valence-electron chi connectivity index (χ4n) is 5.84. The summed E-state index contributed by atoms with van der Waals surface area (Å²) in [5.41, 5.74) is 0. The molecule has 6 heterocycles. The lowest BCUT2D eigenvalue weighted by Crippen LogP contribution is -2.93. The largest absolute Gasteiger partial charge is 0.651 e. The van der Waals surface area contributed by atoms with Gasteiger partial charge in [-0.2, -0.15) is 0 Å². The average molecular weight is 1110 g/mol. The molecule has 0 spiro atoms. The molecule has 0 aliphatic carbocycles. The highest BCUT2D eigenvalue weighted by Gasteiger charge is 2.92. The molecule has 6 aliphatic heterocycles. The van der Waals surface area contributed by atoms with Crippen molar-refractivity contribution in [3.63, 3.8) is 0 Å². The van der Waals surface area contributed by atoms with Crippen molar-refractivity contribution in [1.82, 2.24) is 0 Å². The first-order valence-corrected chi connectivity index (χ1v) is 60.5. The van der Waals surface area contributed by atoms with Gasteiger partial charge in [0.15, 0.2) is 8.32 Å². The summed E-state index contributed by atoms with van der Waals surface area (Å²) in [5.74, 6) is 0. The Morgan fingerprint density at radius 3 is 0.400 bits per heavy atom. The zero-order chi connectivity index (χ0) is 46.1. The molecule has 6 saturated heterocycles. The third kappa shape index (κ3) is 14.6. The molecule has 0 atom stereocenters. The van der Waals surface area contributed by atoms with Crippen molar-refractivity contribution in [2.45, 2.75) is 111 Å². The molecule has 0 N–H and O–H groups in total. The molecule has 338 valence electrons. The Balaban J connectivity index is 2.08. The van der Waals surface area contributed by atoms with Crippen LogP contribution in [0.5, 0.6) is 0 Å². The molecule has 20 nitrogen and oxygen atoms in total. The third-order valence-corrected chi connectivity index (χ3v) is 58.0. The molecular weight excluding hydrogens is 1050 g/mol. The van der Waals surface area contributed by atoms with E-state index in [9.17, 15) is 0 Å². The van der Waals surface area contributed by atoms with Crippen molar-refractivity contribution in [3.8, 4) is 0 Å². The molecule has 8 bridgehead atoms. The van der Waals surface area contributed by atoms with Crippen LogP contribution in [0, 0.1) is 0 Å². The van der Waals surface area contributed by atoms with Gasteiger partial charge in [-0.15, -0.1) is 0 Å². The standard InChI is InChI=1S/C17H65B7O20Si16/c1-45(2,3)25-53-33-54(26-46(4,5)18)36-57(29-49(10,11)21)38-55(34-53,27-47(6,7)19)40-59(31-51(14,15)23)41-56(35-53,28-48(8,9)20)39-58(37-54,30-50(12,13)22)43-60(42-57,44-59)32-52(16,17)24/h18-24H2,1-17H3. The first kappa shape index (κ1) is 54.1. The topological polar surface area (TPSA) is 185 Å². The van der Waals surface area contributed by atoms with E-state index < -0.39 is 138 Å². The van der Waals surface area contributed by atoms with Gasteiger partial charge in [0.1, 0.15) is 109 Å². The summed E-state index contributed by atoms with van der Waals surface area (Å²) in [6.07, 6.45) is 0. The van der Waals surface area contributed by atoms with E-state index >= 15 is 0 Å². The van der Waals surface area contributed by atoms with Gasteiger partial charge >= 0.3 is 72.4 Å². The van der Waals surface area contributed by atoms with Gasteiger partial charge in [-0.3, -0.25) is 0 Å². The molecule has 0 unspecified atom stereocenters. The summed E-state index contributed by atoms with van der Waals surface area (Å²) in [5, 5.41) is 0. The van der Waals surface area contributed by atoms with E-state index in [4.69, 9.17) is 82.3 Å². The Bertz CT molecular complexity index is 1200. The third-order valence-electron chi connectivity index (χ3n) is 6.45. The molecule has 0 saturated carbocycles. The molecule has 43 heteroatoms. The van der Waals surface area contributed by atoms with Gasteiger partial charge in [0.05, 0.1) is 0 Å². The van der Waals surface area contributed by atoms with Crippen LogP contribution in [-0.4, -0.2) is 190 Å². The summed E-state index contributed by atoms with van der Waals surface area (Å²) < 4.78 is 145. The van der Waals surface area contributed by atoms with Crippen LogP contribution in [0.1, 0.15) is 0 Å². The minimum Gasteiger partial charge on any atom is -0.403 e. The van der Waals surface area contributed by atoms with Gasteiger partial charge in [0, 0.05) is 0 Å². The second kappa shape index (κ2) is 16.4. The summed E-state index contributed by atoms with van der Waals surface area (Å²) in [6, 6.07) is 0.